The summed E-state index contributed by atoms with van der Waals surface area (Å²) in [5.74, 6) is 0.793. The van der Waals surface area contributed by atoms with Gasteiger partial charge in [0.15, 0.2) is 0 Å². The van der Waals surface area contributed by atoms with E-state index >= 15 is 0 Å². The Morgan fingerprint density at radius 1 is 1.03 bits per heavy atom. The lowest BCUT2D eigenvalue weighted by atomic mass is 10.1. The van der Waals surface area contributed by atoms with E-state index in [1.54, 1.807) is 22.5 Å². The number of aryl methyl sites for hydroxylation is 2. The second kappa shape index (κ2) is 9.35. The van der Waals surface area contributed by atoms with Crippen LogP contribution in [0.3, 0.4) is 0 Å². The largest absolute Gasteiger partial charge is 0.334 e. The van der Waals surface area contributed by atoms with Gasteiger partial charge < -0.3 is 9.88 Å². The number of imidazole rings is 1. The Hall–Kier alpha value is -2.97. The van der Waals surface area contributed by atoms with Gasteiger partial charge >= 0.3 is 0 Å². The number of carbonyl (C=O) groups excluding carboxylic acids is 1. The number of aromatic nitrogens is 2. The first-order chi connectivity index (χ1) is 16.4. The molecule has 3 heterocycles. The lowest BCUT2D eigenvalue weighted by Crippen LogP contribution is -2.41. The maximum atomic E-state index is 13.2. The van der Waals surface area contributed by atoms with Crippen molar-refractivity contribution < 1.29 is 13.2 Å². The molecule has 1 aromatic heterocycles. The highest BCUT2D eigenvalue weighted by Crippen LogP contribution is 2.27. The van der Waals surface area contributed by atoms with Crippen molar-refractivity contribution in [1.29, 1.82) is 0 Å². The van der Waals surface area contributed by atoms with Crippen LogP contribution in [-0.4, -0.2) is 40.8 Å². The lowest BCUT2D eigenvalue weighted by molar-refractivity contribution is 0.102. The van der Waals surface area contributed by atoms with Crippen molar-refractivity contribution in [3.8, 4) is 11.3 Å². The number of nitrogens with one attached hydrogen (secondary N) is 1. The number of sulfonamides is 1. The fraction of sp³-hybridized carbons (Fsp3) is 0.385. The van der Waals surface area contributed by atoms with Crippen LogP contribution in [0.4, 0.5) is 5.69 Å². The fourth-order valence-corrected chi connectivity index (χ4v) is 6.59. The van der Waals surface area contributed by atoms with Crippen LogP contribution in [0.1, 0.15) is 55.2 Å². The van der Waals surface area contributed by atoms with Crippen LogP contribution in [0.25, 0.3) is 11.3 Å². The molecule has 1 N–H and O–H groups in total. The van der Waals surface area contributed by atoms with Gasteiger partial charge in [-0.1, -0.05) is 24.6 Å². The minimum atomic E-state index is -3.63. The van der Waals surface area contributed by atoms with Crippen LogP contribution >= 0.6 is 0 Å². The van der Waals surface area contributed by atoms with Crippen molar-refractivity contribution in [3.05, 3.63) is 66.1 Å². The van der Waals surface area contributed by atoms with E-state index in [9.17, 15) is 13.2 Å². The number of rotatable bonds is 5. The molecular weight excluding hydrogens is 448 g/mol. The monoisotopic (exact) mass is 478 g/mol. The number of piperidine rings is 1. The van der Waals surface area contributed by atoms with Gasteiger partial charge in [0.25, 0.3) is 5.91 Å². The standard InChI is InChI=1S/C26H30N4O3S/c1-19-7-2-5-16-30(19)34(32,33)23-9-6-8-21(17-23)26(31)27-22-13-11-20(12-14-22)24-18-29-15-4-3-10-25(29)28-24/h6,8-9,11-14,17-19H,2-5,7,10,15-16H2,1H3,(H,27,31). The molecule has 2 aromatic carbocycles. The van der Waals surface area contributed by atoms with Crippen molar-refractivity contribution in [2.24, 2.45) is 0 Å². The highest BCUT2D eigenvalue weighted by Gasteiger charge is 2.31. The number of hydrogen-bond acceptors (Lipinski definition) is 4. The molecule has 0 aliphatic carbocycles. The Balaban J connectivity index is 1.30. The predicted molar refractivity (Wildman–Crippen MR) is 132 cm³/mol. The predicted octanol–water partition coefficient (Wildman–Crippen LogP) is 4.70. The smallest absolute Gasteiger partial charge is 0.255 e. The molecule has 1 unspecified atom stereocenters. The third kappa shape index (κ3) is 4.52. The topological polar surface area (TPSA) is 84.3 Å². The Morgan fingerprint density at radius 3 is 2.59 bits per heavy atom. The van der Waals surface area contributed by atoms with E-state index in [-0.39, 0.29) is 16.8 Å². The number of amides is 1. The quantitative estimate of drug-likeness (QED) is 0.576. The summed E-state index contributed by atoms with van der Waals surface area (Å²) in [5.41, 5.74) is 2.91. The average molecular weight is 479 g/mol. The number of benzene rings is 2. The van der Waals surface area contributed by atoms with E-state index in [2.05, 4.69) is 16.1 Å². The van der Waals surface area contributed by atoms with Crippen LogP contribution in [0, 0.1) is 0 Å². The van der Waals surface area contributed by atoms with Gasteiger partial charge in [-0.3, -0.25) is 4.79 Å². The average Bonchev–Trinajstić information content (AvgIpc) is 3.29. The Morgan fingerprint density at radius 2 is 1.82 bits per heavy atom. The molecule has 2 aliphatic heterocycles. The molecule has 0 spiro atoms. The molecule has 7 nitrogen and oxygen atoms in total. The summed E-state index contributed by atoms with van der Waals surface area (Å²) in [4.78, 5) is 17.8. The first-order valence-corrected chi connectivity index (χ1v) is 13.5. The molecule has 1 amide bonds. The molecule has 34 heavy (non-hydrogen) atoms. The summed E-state index contributed by atoms with van der Waals surface area (Å²) in [6.45, 7) is 3.48. The summed E-state index contributed by atoms with van der Waals surface area (Å²) >= 11 is 0. The van der Waals surface area contributed by atoms with E-state index in [1.165, 1.54) is 18.9 Å². The molecule has 5 rings (SSSR count). The minimum absolute atomic E-state index is 0.0318. The first kappa shape index (κ1) is 22.8. The molecule has 0 radical (unpaired) electrons. The second-order valence-electron chi connectivity index (χ2n) is 9.21. The maximum Gasteiger partial charge on any atom is 0.255 e. The van der Waals surface area contributed by atoms with Crippen LogP contribution in [-0.2, 0) is 23.0 Å². The molecule has 1 atom stereocenters. The van der Waals surface area contributed by atoms with Crippen LogP contribution < -0.4 is 5.32 Å². The Labute approximate surface area is 200 Å². The van der Waals surface area contributed by atoms with Gasteiger partial charge in [0.2, 0.25) is 10.0 Å². The third-order valence-electron chi connectivity index (χ3n) is 6.79. The minimum Gasteiger partial charge on any atom is -0.334 e. The fourth-order valence-electron chi connectivity index (χ4n) is 4.84. The number of hydrogen-bond donors (Lipinski definition) is 1. The molecule has 1 fully saturated rings. The van der Waals surface area contributed by atoms with Gasteiger partial charge in [-0.2, -0.15) is 4.31 Å². The van der Waals surface area contributed by atoms with E-state index in [0.717, 1.165) is 49.3 Å². The van der Waals surface area contributed by atoms with Gasteiger partial charge in [0.1, 0.15) is 5.82 Å². The Kier molecular flexibility index (Phi) is 6.27. The first-order valence-electron chi connectivity index (χ1n) is 12.0. The van der Waals surface area contributed by atoms with E-state index < -0.39 is 10.0 Å². The molecule has 1 saturated heterocycles. The summed E-state index contributed by atoms with van der Waals surface area (Å²) in [5, 5.41) is 2.88. The molecule has 3 aromatic rings. The van der Waals surface area contributed by atoms with Gasteiger partial charge in [0, 0.05) is 48.6 Å². The molecule has 178 valence electrons. The van der Waals surface area contributed by atoms with Crippen molar-refractivity contribution in [1.82, 2.24) is 13.9 Å². The number of anilines is 1. The molecule has 2 aliphatic rings. The lowest BCUT2D eigenvalue weighted by Gasteiger charge is -2.32. The molecule has 0 saturated carbocycles. The molecule has 8 heteroatoms. The van der Waals surface area contributed by atoms with Crippen molar-refractivity contribution >= 4 is 21.6 Å². The van der Waals surface area contributed by atoms with E-state index in [1.807, 2.05) is 31.2 Å². The van der Waals surface area contributed by atoms with Crippen LogP contribution in [0.2, 0.25) is 0 Å². The number of nitrogens with zero attached hydrogens (tertiary/aromatic N) is 3. The molecule has 0 bridgehead atoms. The molecular formula is C26H30N4O3S. The zero-order valence-corrected chi connectivity index (χ0v) is 20.2. The van der Waals surface area contributed by atoms with Crippen molar-refractivity contribution in [3.63, 3.8) is 0 Å². The van der Waals surface area contributed by atoms with Gasteiger partial charge in [-0.15, -0.1) is 0 Å². The normalized spacial score (nSPS) is 18.9. The SMILES string of the molecule is CC1CCCCN1S(=O)(=O)c1cccc(C(=O)Nc2ccc(-c3cn4c(n3)CCCC4)cc2)c1. The van der Waals surface area contributed by atoms with E-state index in [0.29, 0.717) is 17.8 Å². The van der Waals surface area contributed by atoms with E-state index in [4.69, 9.17) is 4.98 Å². The van der Waals surface area contributed by atoms with Crippen LogP contribution in [0.5, 0.6) is 0 Å². The third-order valence-corrected chi connectivity index (χ3v) is 8.80. The summed E-state index contributed by atoms with van der Waals surface area (Å²) in [7, 11) is -3.63. The highest BCUT2D eigenvalue weighted by molar-refractivity contribution is 7.89. The zero-order valence-electron chi connectivity index (χ0n) is 19.4. The van der Waals surface area contributed by atoms with Gasteiger partial charge in [0.05, 0.1) is 10.6 Å². The summed E-state index contributed by atoms with van der Waals surface area (Å²) in [6, 6.07) is 13.9. The van der Waals surface area contributed by atoms with Crippen molar-refractivity contribution in [2.45, 2.75) is 62.9 Å². The highest BCUT2D eigenvalue weighted by atomic mass is 32.2. The van der Waals surface area contributed by atoms with Gasteiger partial charge in [-0.05, 0) is 62.9 Å². The second-order valence-corrected chi connectivity index (χ2v) is 11.1. The maximum absolute atomic E-state index is 13.2. The zero-order chi connectivity index (χ0) is 23.7. The van der Waals surface area contributed by atoms with Crippen LogP contribution in [0.15, 0.2) is 59.6 Å². The summed E-state index contributed by atoms with van der Waals surface area (Å²) < 4.78 is 30.1. The Bertz CT molecular complexity index is 1270. The number of carbonyl (C=O) groups is 1. The number of fused-ring (bicyclic) bond motifs is 1. The van der Waals surface area contributed by atoms with Crippen molar-refractivity contribution in [2.75, 3.05) is 11.9 Å². The van der Waals surface area contributed by atoms with Gasteiger partial charge in [-0.25, -0.2) is 13.4 Å². The summed E-state index contributed by atoms with van der Waals surface area (Å²) in [6.07, 6.45) is 8.24.